The van der Waals surface area contributed by atoms with Gasteiger partial charge in [0, 0.05) is 0 Å². The monoisotopic (exact) mass is 392 g/mol. The Hall–Kier alpha value is -3.87. The van der Waals surface area contributed by atoms with Gasteiger partial charge in [-0.15, -0.1) is 6.58 Å². The summed E-state index contributed by atoms with van der Waals surface area (Å²) in [5.41, 5.74) is 3.82. The van der Waals surface area contributed by atoms with Crippen LogP contribution >= 0.6 is 0 Å². The molecule has 0 fully saturated rings. The van der Waals surface area contributed by atoms with Gasteiger partial charge < -0.3 is 13.9 Å². The fourth-order valence-corrected chi connectivity index (χ4v) is 2.66. The molecule has 0 radical (unpaired) electrons. The Morgan fingerprint density at radius 3 is 2.86 bits per heavy atom. The second-order valence-corrected chi connectivity index (χ2v) is 6.08. The molecular formula is C22H20N2O5. The molecular weight excluding hydrogens is 372 g/mol. The van der Waals surface area contributed by atoms with E-state index in [0.717, 1.165) is 5.56 Å². The second kappa shape index (κ2) is 9.36. The number of carbonyl (C=O) groups excluding carboxylic acids is 1. The van der Waals surface area contributed by atoms with Crippen LogP contribution in [0.3, 0.4) is 0 Å². The summed E-state index contributed by atoms with van der Waals surface area (Å²) >= 11 is 0. The highest BCUT2D eigenvalue weighted by atomic mass is 16.5. The number of amides is 1. The Morgan fingerprint density at radius 1 is 1.24 bits per heavy atom. The fourth-order valence-electron chi connectivity index (χ4n) is 2.66. The molecule has 0 atom stereocenters. The van der Waals surface area contributed by atoms with Gasteiger partial charge in [-0.05, 0) is 36.2 Å². The van der Waals surface area contributed by atoms with E-state index in [0.29, 0.717) is 28.9 Å². The number of hydrogen-bond acceptors (Lipinski definition) is 6. The predicted octanol–water partition coefficient (Wildman–Crippen LogP) is 3.06. The van der Waals surface area contributed by atoms with Crippen molar-refractivity contribution in [1.29, 1.82) is 0 Å². The highest BCUT2D eigenvalue weighted by Gasteiger charge is 2.09. The summed E-state index contributed by atoms with van der Waals surface area (Å²) in [6.07, 6.45) is 5.03. The molecule has 7 nitrogen and oxygen atoms in total. The molecule has 29 heavy (non-hydrogen) atoms. The molecule has 0 aliphatic heterocycles. The maximum absolute atomic E-state index is 12.4. The van der Waals surface area contributed by atoms with Gasteiger partial charge in [-0.3, -0.25) is 9.59 Å². The highest BCUT2D eigenvalue weighted by Crippen LogP contribution is 2.28. The van der Waals surface area contributed by atoms with Crippen molar-refractivity contribution in [2.24, 2.45) is 5.10 Å². The molecule has 148 valence electrons. The van der Waals surface area contributed by atoms with Gasteiger partial charge in [0.15, 0.2) is 18.1 Å². The Bertz CT molecular complexity index is 1120. The van der Waals surface area contributed by atoms with Gasteiger partial charge in [-0.25, -0.2) is 5.43 Å². The second-order valence-electron chi connectivity index (χ2n) is 6.08. The van der Waals surface area contributed by atoms with Crippen LogP contribution in [0.2, 0.25) is 0 Å². The Labute approximate surface area is 167 Å². The van der Waals surface area contributed by atoms with Crippen LogP contribution < -0.4 is 20.3 Å². The smallest absolute Gasteiger partial charge is 0.277 e. The largest absolute Gasteiger partial charge is 0.493 e. The van der Waals surface area contributed by atoms with E-state index in [2.05, 4.69) is 17.1 Å². The lowest BCUT2D eigenvalue weighted by molar-refractivity contribution is -0.123. The zero-order chi connectivity index (χ0) is 20.6. The average Bonchev–Trinajstić information content (AvgIpc) is 2.74. The van der Waals surface area contributed by atoms with Crippen molar-refractivity contribution in [2.45, 2.75) is 6.42 Å². The van der Waals surface area contributed by atoms with Gasteiger partial charge >= 0.3 is 0 Å². The molecule has 7 heteroatoms. The SMILES string of the molecule is C=CCc1ccc(OCC(=O)N/N=C/c2coc3ccccc3c2=O)c(OC)c1. The third-order valence-electron chi connectivity index (χ3n) is 4.07. The van der Waals surface area contributed by atoms with E-state index in [1.807, 2.05) is 12.1 Å². The molecule has 2 aromatic carbocycles. The maximum Gasteiger partial charge on any atom is 0.277 e. The first-order chi connectivity index (χ1) is 14.1. The Balaban J connectivity index is 1.60. The van der Waals surface area contributed by atoms with Crippen molar-refractivity contribution >= 4 is 23.1 Å². The number of carbonyl (C=O) groups is 1. The minimum absolute atomic E-state index is 0.226. The zero-order valence-corrected chi connectivity index (χ0v) is 15.9. The van der Waals surface area contributed by atoms with Gasteiger partial charge in [-0.1, -0.05) is 24.3 Å². The lowest BCUT2D eigenvalue weighted by Gasteiger charge is -2.11. The van der Waals surface area contributed by atoms with Crippen molar-refractivity contribution in [3.8, 4) is 11.5 Å². The Kier molecular flexibility index (Phi) is 6.42. The molecule has 1 heterocycles. The van der Waals surface area contributed by atoms with E-state index >= 15 is 0 Å². The van der Waals surface area contributed by atoms with Crippen LogP contribution in [0.15, 0.2) is 75.7 Å². The van der Waals surface area contributed by atoms with Crippen LogP contribution in [-0.4, -0.2) is 25.8 Å². The summed E-state index contributed by atoms with van der Waals surface area (Å²) in [5, 5.41) is 4.24. The maximum atomic E-state index is 12.4. The molecule has 0 saturated carbocycles. The molecule has 0 aliphatic rings. The van der Waals surface area contributed by atoms with Crippen LogP contribution in [0.5, 0.6) is 11.5 Å². The summed E-state index contributed by atoms with van der Waals surface area (Å²) in [4.78, 5) is 24.3. The molecule has 3 rings (SSSR count). The number of hydrazone groups is 1. The van der Waals surface area contributed by atoms with Gasteiger partial charge in [0.25, 0.3) is 5.91 Å². The quantitative estimate of drug-likeness (QED) is 0.361. The minimum atomic E-state index is -0.483. The molecule has 1 N–H and O–H groups in total. The molecule has 3 aromatic rings. The average molecular weight is 392 g/mol. The molecule has 0 spiro atoms. The molecule has 0 saturated heterocycles. The number of allylic oxidation sites excluding steroid dienone is 1. The van der Waals surface area contributed by atoms with E-state index in [1.54, 1.807) is 36.4 Å². The first kappa shape index (κ1) is 19.9. The summed E-state index contributed by atoms with van der Waals surface area (Å²) in [6, 6.07) is 12.3. The number of methoxy groups -OCH3 is 1. The molecule has 0 aliphatic carbocycles. The predicted molar refractivity (Wildman–Crippen MR) is 111 cm³/mol. The third-order valence-corrected chi connectivity index (χ3v) is 4.07. The van der Waals surface area contributed by atoms with Crippen molar-refractivity contribution < 1.29 is 18.7 Å². The number of fused-ring (bicyclic) bond motifs is 1. The van der Waals surface area contributed by atoms with Crippen molar-refractivity contribution in [1.82, 2.24) is 5.43 Å². The number of nitrogens with one attached hydrogen (secondary N) is 1. The van der Waals surface area contributed by atoms with Crippen LogP contribution in [0.1, 0.15) is 11.1 Å². The summed E-state index contributed by atoms with van der Waals surface area (Å²) in [6.45, 7) is 3.44. The first-order valence-corrected chi connectivity index (χ1v) is 8.85. The number of para-hydroxylation sites is 1. The van der Waals surface area contributed by atoms with Crippen LogP contribution in [0.4, 0.5) is 0 Å². The van der Waals surface area contributed by atoms with Gasteiger partial charge in [0.05, 0.1) is 24.3 Å². The first-order valence-electron chi connectivity index (χ1n) is 8.85. The Morgan fingerprint density at radius 2 is 2.07 bits per heavy atom. The number of rotatable bonds is 8. The topological polar surface area (TPSA) is 90.1 Å². The molecule has 0 bridgehead atoms. The van der Waals surface area contributed by atoms with Crippen LogP contribution in [-0.2, 0) is 11.2 Å². The highest BCUT2D eigenvalue weighted by molar-refractivity contribution is 5.87. The van der Waals surface area contributed by atoms with E-state index in [-0.39, 0.29) is 17.6 Å². The third kappa shape index (κ3) is 4.90. The summed E-state index contributed by atoms with van der Waals surface area (Å²) in [7, 11) is 1.53. The minimum Gasteiger partial charge on any atom is -0.493 e. The van der Waals surface area contributed by atoms with E-state index in [1.165, 1.54) is 19.6 Å². The zero-order valence-electron chi connectivity index (χ0n) is 15.9. The normalized spacial score (nSPS) is 10.8. The summed E-state index contributed by atoms with van der Waals surface area (Å²) in [5.74, 6) is 0.479. The van der Waals surface area contributed by atoms with Crippen molar-refractivity contribution in [2.75, 3.05) is 13.7 Å². The van der Waals surface area contributed by atoms with Gasteiger partial charge in [0.2, 0.25) is 5.43 Å². The molecule has 1 amide bonds. The van der Waals surface area contributed by atoms with Crippen molar-refractivity contribution in [3.05, 3.63) is 82.7 Å². The van der Waals surface area contributed by atoms with E-state index in [4.69, 9.17) is 13.9 Å². The summed E-state index contributed by atoms with van der Waals surface area (Å²) < 4.78 is 16.2. The lowest BCUT2D eigenvalue weighted by atomic mass is 10.1. The van der Waals surface area contributed by atoms with Crippen LogP contribution in [0, 0.1) is 0 Å². The standard InChI is InChI=1S/C22H20N2O5/c1-3-6-15-9-10-19(20(11-15)27-2)29-14-21(25)24-23-12-16-13-28-18-8-5-4-7-17(18)22(16)26/h3-5,7-13H,1,6,14H2,2H3,(H,24,25)/b23-12+. The van der Waals surface area contributed by atoms with E-state index in [9.17, 15) is 9.59 Å². The van der Waals surface area contributed by atoms with E-state index < -0.39 is 5.91 Å². The number of benzene rings is 2. The van der Waals surface area contributed by atoms with Crippen LogP contribution in [0.25, 0.3) is 11.0 Å². The molecule has 1 aromatic heterocycles. The number of ether oxygens (including phenoxy) is 2. The lowest BCUT2D eigenvalue weighted by Crippen LogP contribution is -2.25. The van der Waals surface area contributed by atoms with Crippen molar-refractivity contribution in [3.63, 3.8) is 0 Å². The number of nitrogens with zero attached hydrogens (tertiary/aromatic N) is 1. The number of hydrogen-bond donors (Lipinski definition) is 1. The molecule has 0 unspecified atom stereocenters. The van der Waals surface area contributed by atoms with Gasteiger partial charge in [0.1, 0.15) is 11.8 Å². The van der Waals surface area contributed by atoms with Gasteiger partial charge in [-0.2, -0.15) is 5.10 Å². The fraction of sp³-hybridized carbons (Fsp3) is 0.136.